The van der Waals surface area contributed by atoms with Gasteiger partial charge in [0.15, 0.2) is 6.20 Å². The number of nitrogens with zero attached hydrogens (tertiary/aromatic N) is 3. The van der Waals surface area contributed by atoms with E-state index < -0.39 is 11.0 Å². The Morgan fingerprint density at radius 3 is 2.95 bits per heavy atom. The first-order valence-electron chi connectivity index (χ1n) is 5.91. The van der Waals surface area contributed by atoms with Crippen molar-refractivity contribution in [3.05, 3.63) is 28.4 Å². The number of piperidine rings is 1. The molecule has 0 bridgehead atoms. The smallest absolute Gasteiger partial charge is 0.404 e. The van der Waals surface area contributed by atoms with Crippen LogP contribution in [0, 0.1) is 10.1 Å². The van der Waals surface area contributed by atoms with Crippen LogP contribution < -0.4 is 10.2 Å². The summed E-state index contributed by atoms with van der Waals surface area (Å²) in [7, 11) is 0. The first-order valence-corrected chi connectivity index (χ1v) is 5.91. The Bertz CT molecular complexity index is 476. The molecule has 1 unspecified atom stereocenters. The minimum absolute atomic E-state index is 0.124. The first-order chi connectivity index (χ1) is 9.06. The second kappa shape index (κ2) is 5.51. The molecule has 2 heterocycles. The third-order valence-corrected chi connectivity index (χ3v) is 3.03. The summed E-state index contributed by atoms with van der Waals surface area (Å²) in [4.78, 5) is 26.3. The van der Waals surface area contributed by atoms with Gasteiger partial charge in [-0.1, -0.05) is 0 Å². The molecular formula is C11H14N4O4. The highest BCUT2D eigenvalue weighted by Crippen LogP contribution is 2.20. The van der Waals surface area contributed by atoms with Crippen LogP contribution >= 0.6 is 0 Å². The van der Waals surface area contributed by atoms with Gasteiger partial charge in [0.1, 0.15) is 0 Å². The van der Waals surface area contributed by atoms with E-state index in [1.807, 2.05) is 4.90 Å². The van der Waals surface area contributed by atoms with Gasteiger partial charge < -0.3 is 25.4 Å². The molecule has 1 fully saturated rings. The average molecular weight is 266 g/mol. The monoisotopic (exact) mass is 266 g/mol. The Morgan fingerprint density at radius 2 is 2.37 bits per heavy atom. The molecule has 1 aromatic rings. The van der Waals surface area contributed by atoms with Crippen LogP contribution in [0.4, 0.5) is 16.3 Å². The van der Waals surface area contributed by atoms with E-state index in [-0.39, 0.29) is 11.9 Å². The van der Waals surface area contributed by atoms with E-state index in [1.54, 1.807) is 6.07 Å². The first kappa shape index (κ1) is 13.1. The van der Waals surface area contributed by atoms with Gasteiger partial charge in [-0.3, -0.25) is 0 Å². The van der Waals surface area contributed by atoms with Gasteiger partial charge in [-0.2, -0.15) is 0 Å². The van der Waals surface area contributed by atoms with Crippen molar-refractivity contribution in [1.29, 1.82) is 0 Å². The van der Waals surface area contributed by atoms with Crippen molar-refractivity contribution in [1.82, 2.24) is 10.3 Å². The van der Waals surface area contributed by atoms with Crippen molar-refractivity contribution in [2.75, 3.05) is 18.0 Å². The van der Waals surface area contributed by atoms with Gasteiger partial charge in [-0.15, -0.1) is 0 Å². The lowest BCUT2D eigenvalue weighted by Crippen LogP contribution is -2.47. The van der Waals surface area contributed by atoms with Gasteiger partial charge >= 0.3 is 11.9 Å². The summed E-state index contributed by atoms with van der Waals surface area (Å²) in [5.41, 5.74) is 0.766. The summed E-state index contributed by atoms with van der Waals surface area (Å²) >= 11 is 0. The Morgan fingerprint density at radius 1 is 1.58 bits per heavy atom. The number of carboxylic acid groups (broad SMARTS) is 1. The molecule has 102 valence electrons. The lowest BCUT2D eigenvalue weighted by atomic mass is 10.1. The van der Waals surface area contributed by atoms with Gasteiger partial charge in [0.05, 0.1) is 5.69 Å². The summed E-state index contributed by atoms with van der Waals surface area (Å²) in [5.74, 6) is -0.194. The molecule has 1 saturated heterocycles. The molecule has 1 aliphatic rings. The highest BCUT2D eigenvalue weighted by molar-refractivity contribution is 5.65. The molecule has 1 aliphatic heterocycles. The average Bonchev–Trinajstić information content (AvgIpc) is 2.38. The lowest BCUT2D eigenvalue weighted by Gasteiger charge is -2.33. The van der Waals surface area contributed by atoms with Crippen LogP contribution in [-0.2, 0) is 0 Å². The predicted octanol–water partition coefficient (Wildman–Crippen LogP) is 1.23. The minimum Gasteiger partial charge on any atom is -0.465 e. The molecule has 1 aromatic heterocycles. The maximum Gasteiger partial charge on any atom is 0.404 e. The summed E-state index contributed by atoms with van der Waals surface area (Å²) < 4.78 is 0. The summed E-state index contributed by atoms with van der Waals surface area (Å²) in [6.45, 7) is 1.34. The second-order valence-corrected chi connectivity index (χ2v) is 4.37. The Hall–Kier alpha value is -2.38. The Balaban J connectivity index is 2.04. The van der Waals surface area contributed by atoms with Gasteiger partial charge in [0, 0.05) is 25.2 Å². The number of aromatic nitrogens is 1. The van der Waals surface area contributed by atoms with E-state index in [0.717, 1.165) is 25.1 Å². The number of carbonyl (C=O) groups is 1. The van der Waals surface area contributed by atoms with Crippen molar-refractivity contribution >= 4 is 17.6 Å². The number of hydrogen-bond donors (Lipinski definition) is 2. The minimum atomic E-state index is -1.03. The van der Waals surface area contributed by atoms with E-state index in [9.17, 15) is 14.9 Å². The molecule has 8 heteroatoms. The molecular weight excluding hydrogens is 252 g/mol. The number of rotatable bonds is 3. The normalized spacial score (nSPS) is 18.9. The van der Waals surface area contributed by atoms with E-state index in [2.05, 4.69) is 10.3 Å². The Labute approximate surface area is 109 Å². The van der Waals surface area contributed by atoms with Crippen LogP contribution in [0.25, 0.3) is 0 Å². The molecule has 0 aromatic carbocycles. The highest BCUT2D eigenvalue weighted by Gasteiger charge is 2.22. The van der Waals surface area contributed by atoms with E-state index in [4.69, 9.17) is 5.11 Å². The van der Waals surface area contributed by atoms with Gasteiger partial charge in [0.25, 0.3) is 0 Å². The zero-order valence-electron chi connectivity index (χ0n) is 10.2. The zero-order chi connectivity index (χ0) is 13.8. The molecule has 8 nitrogen and oxygen atoms in total. The SMILES string of the molecule is O=C(O)NC1CCCN(c2ccc([N+](=O)[O-])nc2)C1. The number of nitro groups is 1. The fourth-order valence-electron chi connectivity index (χ4n) is 2.18. The number of hydrogen-bond acceptors (Lipinski definition) is 5. The largest absolute Gasteiger partial charge is 0.465 e. The van der Waals surface area contributed by atoms with Gasteiger partial charge in [0.2, 0.25) is 0 Å². The molecule has 1 atom stereocenters. The van der Waals surface area contributed by atoms with Crippen LogP contribution in [0.5, 0.6) is 0 Å². The molecule has 19 heavy (non-hydrogen) atoms. The summed E-state index contributed by atoms with van der Waals surface area (Å²) in [6.07, 6.45) is 2.07. The van der Waals surface area contributed by atoms with Gasteiger partial charge in [-0.05, 0) is 28.8 Å². The maximum atomic E-state index is 10.6. The fourth-order valence-corrected chi connectivity index (χ4v) is 2.18. The number of amides is 1. The molecule has 2 rings (SSSR count). The van der Waals surface area contributed by atoms with Gasteiger partial charge in [-0.25, -0.2) is 4.79 Å². The summed E-state index contributed by atoms with van der Waals surface area (Å²) in [5, 5.41) is 21.7. The van der Waals surface area contributed by atoms with Crippen LogP contribution in [0.1, 0.15) is 12.8 Å². The molecule has 0 saturated carbocycles. The third-order valence-electron chi connectivity index (χ3n) is 3.03. The van der Waals surface area contributed by atoms with E-state index in [0.29, 0.717) is 6.54 Å². The lowest BCUT2D eigenvalue weighted by molar-refractivity contribution is -0.389. The number of nitrogens with one attached hydrogen (secondary N) is 1. The van der Waals surface area contributed by atoms with Crippen LogP contribution in [0.2, 0.25) is 0 Å². The topological polar surface area (TPSA) is 109 Å². The molecule has 0 spiro atoms. The van der Waals surface area contributed by atoms with Crippen molar-refractivity contribution in [3.63, 3.8) is 0 Å². The van der Waals surface area contributed by atoms with Crippen molar-refractivity contribution in [2.24, 2.45) is 0 Å². The second-order valence-electron chi connectivity index (χ2n) is 4.37. The van der Waals surface area contributed by atoms with Crippen molar-refractivity contribution in [3.8, 4) is 0 Å². The summed E-state index contributed by atoms with van der Waals surface area (Å²) in [6, 6.07) is 2.86. The van der Waals surface area contributed by atoms with Crippen molar-refractivity contribution < 1.29 is 14.8 Å². The van der Waals surface area contributed by atoms with Crippen LogP contribution in [0.15, 0.2) is 18.3 Å². The molecule has 2 N–H and O–H groups in total. The maximum absolute atomic E-state index is 10.6. The van der Waals surface area contributed by atoms with Crippen LogP contribution in [-0.4, -0.2) is 40.2 Å². The zero-order valence-corrected chi connectivity index (χ0v) is 10.2. The van der Waals surface area contributed by atoms with E-state index >= 15 is 0 Å². The molecule has 1 amide bonds. The molecule has 0 aliphatic carbocycles. The van der Waals surface area contributed by atoms with Crippen LogP contribution in [0.3, 0.4) is 0 Å². The highest BCUT2D eigenvalue weighted by atomic mass is 16.6. The molecule has 0 radical (unpaired) electrons. The standard InChI is InChI=1S/C11H14N4O4/c16-11(17)13-8-2-1-5-14(7-8)9-3-4-10(12-6-9)15(18)19/h3-4,6,8,13H,1-2,5,7H2,(H,16,17). The predicted molar refractivity (Wildman–Crippen MR) is 67.3 cm³/mol. The third kappa shape index (κ3) is 3.30. The number of anilines is 1. The van der Waals surface area contributed by atoms with Crippen molar-refractivity contribution in [2.45, 2.75) is 18.9 Å². The number of pyridine rings is 1. The fraction of sp³-hybridized carbons (Fsp3) is 0.455. The Kier molecular flexibility index (Phi) is 3.79. The quantitative estimate of drug-likeness (QED) is 0.629. The van der Waals surface area contributed by atoms with E-state index in [1.165, 1.54) is 12.3 Å².